The van der Waals surface area contributed by atoms with Gasteiger partial charge in [-0.1, -0.05) is 35.2 Å². The Morgan fingerprint density at radius 1 is 1.20 bits per heavy atom. The summed E-state index contributed by atoms with van der Waals surface area (Å²) in [7, 11) is -3.41. The van der Waals surface area contributed by atoms with E-state index in [0.717, 1.165) is 17.3 Å². The Morgan fingerprint density at radius 2 is 1.80 bits per heavy atom. The van der Waals surface area contributed by atoms with Crippen molar-refractivity contribution in [2.45, 2.75) is 41.7 Å². The molecule has 1 aromatic rings. The molecule has 0 atom stereocenters. The van der Waals surface area contributed by atoms with Crippen molar-refractivity contribution in [2.24, 2.45) is 0 Å². The minimum atomic E-state index is -3.41. The molecule has 0 aliphatic heterocycles. The van der Waals surface area contributed by atoms with Crippen LogP contribution in [0.2, 0.25) is 0 Å². The van der Waals surface area contributed by atoms with Crippen molar-refractivity contribution in [1.82, 2.24) is 4.72 Å². The third-order valence-corrected chi connectivity index (χ3v) is 7.27. The van der Waals surface area contributed by atoms with Crippen LogP contribution in [0.3, 0.4) is 0 Å². The molecule has 6 heteroatoms. The van der Waals surface area contributed by atoms with Gasteiger partial charge in [0.2, 0.25) is 10.0 Å². The molecule has 1 N–H and O–H groups in total. The van der Waals surface area contributed by atoms with Crippen LogP contribution in [0.4, 0.5) is 0 Å². The van der Waals surface area contributed by atoms with Gasteiger partial charge in [0.05, 0.1) is 4.90 Å². The van der Waals surface area contributed by atoms with Gasteiger partial charge >= 0.3 is 0 Å². The average Bonchev–Trinajstić information content (AvgIpc) is 2.47. The SMILES string of the molecule is CSC1(CNS(=O)(=O)c2ccc(Br)cc2)CCCCC1. The van der Waals surface area contributed by atoms with Crippen molar-refractivity contribution < 1.29 is 8.42 Å². The standard InChI is InChI=1S/C14H20BrNO2S2/c1-19-14(9-3-2-4-10-14)11-16-20(17,18)13-7-5-12(15)6-8-13/h5-8,16H,2-4,9-11H2,1H3. The number of benzene rings is 1. The molecule has 2 rings (SSSR count). The fourth-order valence-corrected chi connectivity index (χ4v) is 4.97. The van der Waals surface area contributed by atoms with Gasteiger partial charge in [0.1, 0.15) is 0 Å². The van der Waals surface area contributed by atoms with Crippen LogP contribution >= 0.6 is 27.7 Å². The Kier molecular flexibility index (Phi) is 5.56. The highest BCUT2D eigenvalue weighted by atomic mass is 79.9. The molecule has 0 radical (unpaired) electrons. The quantitative estimate of drug-likeness (QED) is 0.848. The van der Waals surface area contributed by atoms with Crippen molar-refractivity contribution >= 4 is 37.7 Å². The van der Waals surface area contributed by atoms with E-state index in [-0.39, 0.29) is 4.75 Å². The third-order valence-electron chi connectivity index (χ3n) is 3.91. The second-order valence-corrected chi connectivity index (χ2v) is 9.18. The summed E-state index contributed by atoms with van der Waals surface area (Å²) < 4.78 is 28.4. The summed E-state index contributed by atoms with van der Waals surface area (Å²) in [4.78, 5) is 0.327. The Balaban J connectivity index is 2.06. The molecular weight excluding hydrogens is 358 g/mol. The van der Waals surface area contributed by atoms with Gasteiger partial charge in [0.15, 0.2) is 0 Å². The number of rotatable bonds is 5. The third kappa shape index (κ3) is 4.00. The second-order valence-electron chi connectivity index (χ2n) is 5.23. The molecule has 1 aliphatic rings. The summed E-state index contributed by atoms with van der Waals surface area (Å²) in [6, 6.07) is 6.75. The van der Waals surface area contributed by atoms with Gasteiger partial charge in [0.25, 0.3) is 0 Å². The van der Waals surface area contributed by atoms with Crippen molar-refractivity contribution in [3.63, 3.8) is 0 Å². The zero-order valence-corrected chi connectivity index (χ0v) is 14.8. The molecule has 0 heterocycles. The molecular formula is C14H20BrNO2S2. The van der Waals surface area contributed by atoms with E-state index in [1.54, 1.807) is 36.0 Å². The minimum absolute atomic E-state index is 0.0701. The van der Waals surface area contributed by atoms with Crippen LogP contribution < -0.4 is 4.72 Å². The van der Waals surface area contributed by atoms with Crippen molar-refractivity contribution in [3.8, 4) is 0 Å². The summed E-state index contributed by atoms with van der Waals surface area (Å²) in [5.41, 5.74) is 0. The predicted octanol–water partition coefficient (Wildman–Crippen LogP) is 3.79. The molecule has 3 nitrogen and oxygen atoms in total. The molecule has 0 amide bonds. The second kappa shape index (κ2) is 6.81. The molecule has 1 aromatic carbocycles. The lowest BCUT2D eigenvalue weighted by Crippen LogP contribution is -2.41. The van der Waals surface area contributed by atoms with Crippen LogP contribution in [0.15, 0.2) is 33.6 Å². The predicted molar refractivity (Wildman–Crippen MR) is 88.7 cm³/mol. The van der Waals surface area contributed by atoms with Crippen LogP contribution in [-0.2, 0) is 10.0 Å². The van der Waals surface area contributed by atoms with E-state index in [0.29, 0.717) is 11.4 Å². The fraction of sp³-hybridized carbons (Fsp3) is 0.571. The molecule has 20 heavy (non-hydrogen) atoms. The highest BCUT2D eigenvalue weighted by molar-refractivity contribution is 9.10. The number of nitrogens with one attached hydrogen (secondary N) is 1. The van der Waals surface area contributed by atoms with Gasteiger partial charge in [-0.25, -0.2) is 13.1 Å². The van der Waals surface area contributed by atoms with Crippen LogP contribution in [0, 0.1) is 0 Å². The topological polar surface area (TPSA) is 46.2 Å². The zero-order chi connectivity index (χ0) is 14.6. The van der Waals surface area contributed by atoms with Gasteiger partial charge in [-0.05, 0) is 43.4 Å². The highest BCUT2D eigenvalue weighted by Gasteiger charge is 2.32. The van der Waals surface area contributed by atoms with Crippen LogP contribution in [-0.4, -0.2) is 26.0 Å². The van der Waals surface area contributed by atoms with Gasteiger partial charge in [-0.2, -0.15) is 11.8 Å². The van der Waals surface area contributed by atoms with Crippen LogP contribution in [0.25, 0.3) is 0 Å². The Bertz CT molecular complexity index is 537. The molecule has 1 fully saturated rings. The van der Waals surface area contributed by atoms with E-state index >= 15 is 0 Å². The first-order valence-electron chi connectivity index (χ1n) is 6.78. The maximum atomic E-state index is 12.3. The largest absolute Gasteiger partial charge is 0.240 e. The zero-order valence-electron chi connectivity index (χ0n) is 11.6. The molecule has 112 valence electrons. The average molecular weight is 378 g/mol. The highest BCUT2D eigenvalue weighted by Crippen LogP contribution is 2.38. The maximum absolute atomic E-state index is 12.3. The van der Waals surface area contributed by atoms with E-state index in [9.17, 15) is 8.42 Å². The summed E-state index contributed by atoms with van der Waals surface area (Å²) in [5, 5.41) is 0. The Hall–Kier alpha value is -0.0400. The van der Waals surface area contributed by atoms with E-state index in [4.69, 9.17) is 0 Å². The van der Waals surface area contributed by atoms with Crippen LogP contribution in [0.1, 0.15) is 32.1 Å². The van der Waals surface area contributed by atoms with Gasteiger partial charge < -0.3 is 0 Å². The number of sulfonamides is 1. The Labute approximate surface area is 134 Å². The molecule has 0 spiro atoms. The van der Waals surface area contributed by atoms with Crippen molar-refractivity contribution in [2.75, 3.05) is 12.8 Å². The minimum Gasteiger partial charge on any atom is -0.210 e. The van der Waals surface area contributed by atoms with E-state index in [1.807, 2.05) is 0 Å². The smallest absolute Gasteiger partial charge is 0.210 e. The first-order valence-corrected chi connectivity index (χ1v) is 10.3. The number of hydrogen-bond donors (Lipinski definition) is 1. The number of halogens is 1. The maximum Gasteiger partial charge on any atom is 0.240 e. The molecule has 0 aromatic heterocycles. The number of hydrogen-bond acceptors (Lipinski definition) is 3. The van der Waals surface area contributed by atoms with Crippen LogP contribution in [0.5, 0.6) is 0 Å². The first-order chi connectivity index (χ1) is 9.47. The van der Waals surface area contributed by atoms with Gasteiger partial charge in [0, 0.05) is 15.8 Å². The Morgan fingerprint density at radius 3 is 2.35 bits per heavy atom. The lowest BCUT2D eigenvalue weighted by molar-refractivity contribution is 0.395. The molecule has 0 saturated heterocycles. The normalized spacial score (nSPS) is 18.9. The molecule has 0 unspecified atom stereocenters. The van der Waals surface area contributed by atoms with Gasteiger partial charge in [-0.15, -0.1) is 0 Å². The van der Waals surface area contributed by atoms with Crippen molar-refractivity contribution in [3.05, 3.63) is 28.7 Å². The summed E-state index contributed by atoms with van der Waals surface area (Å²) >= 11 is 5.11. The summed E-state index contributed by atoms with van der Waals surface area (Å²) in [6.45, 7) is 0.520. The summed E-state index contributed by atoms with van der Waals surface area (Å²) in [6.07, 6.45) is 7.93. The molecule has 1 aliphatic carbocycles. The van der Waals surface area contributed by atoms with E-state index in [2.05, 4.69) is 26.9 Å². The van der Waals surface area contributed by atoms with Gasteiger partial charge in [-0.3, -0.25) is 0 Å². The van der Waals surface area contributed by atoms with E-state index in [1.165, 1.54) is 19.3 Å². The number of thioether (sulfide) groups is 1. The lowest BCUT2D eigenvalue weighted by Gasteiger charge is -2.35. The first kappa shape index (κ1) is 16.3. The van der Waals surface area contributed by atoms with E-state index < -0.39 is 10.0 Å². The molecule has 0 bridgehead atoms. The van der Waals surface area contributed by atoms with Crippen molar-refractivity contribution in [1.29, 1.82) is 0 Å². The monoisotopic (exact) mass is 377 g/mol. The fourth-order valence-electron chi connectivity index (χ4n) is 2.57. The molecule has 1 saturated carbocycles. The lowest BCUT2D eigenvalue weighted by atomic mass is 9.88. The summed E-state index contributed by atoms with van der Waals surface area (Å²) in [5.74, 6) is 0.